The van der Waals surface area contributed by atoms with Crippen LogP contribution in [0.1, 0.15) is 149 Å². The van der Waals surface area contributed by atoms with Gasteiger partial charge in [-0.05, 0) is 98.2 Å². The Morgan fingerprint density at radius 1 is 0.652 bits per heavy atom. The van der Waals surface area contributed by atoms with Crippen LogP contribution in [0.2, 0.25) is 0 Å². The van der Waals surface area contributed by atoms with E-state index in [0.29, 0.717) is 51.7 Å². The molecule has 0 aliphatic heterocycles. The van der Waals surface area contributed by atoms with Gasteiger partial charge in [-0.3, -0.25) is 9.55 Å². The molecule has 0 saturated heterocycles. The molecule has 0 aliphatic carbocycles. The summed E-state index contributed by atoms with van der Waals surface area (Å²) in [4.78, 5) is 10.00. The maximum absolute atomic E-state index is 13.1. The molecule has 8 aromatic rings. The summed E-state index contributed by atoms with van der Waals surface area (Å²) in [6.07, 6.45) is 2.30. The Morgan fingerprint density at radius 2 is 1.35 bits per heavy atom. The second kappa shape index (κ2) is 18.6. The molecule has 0 fully saturated rings. The smallest absolute Gasteiger partial charge is 0.148 e. The van der Waals surface area contributed by atoms with Gasteiger partial charge < -0.3 is 5.11 Å². The van der Waals surface area contributed by atoms with Crippen LogP contribution in [-0.4, -0.2) is 19.6 Å². The number of nitrogens with zero attached hydrogens (tertiary/aromatic N) is 3. The van der Waals surface area contributed by atoms with Crippen LogP contribution in [0.4, 0.5) is 0 Å². The summed E-state index contributed by atoms with van der Waals surface area (Å²) in [5.41, 5.74) is -3.88. The van der Waals surface area contributed by atoms with Crippen molar-refractivity contribution in [2.75, 3.05) is 0 Å². The fraction of sp³-hybridized carbons (Fsp3) is 0.311. The van der Waals surface area contributed by atoms with Gasteiger partial charge in [0.15, 0.2) is 0 Å². The molecule has 0 unspecified atom stereocenters. The summed E-state index contributed by atoms with van der Waals surface area (Å²) in [5.74, 6) is -2.41. The van der Waals surface area contributed by atoms with Crippen molar-refractivity contribution in [3.05, 3.63) is 167 Å². The second-order valence-corrected chi connectivity index (χ2v) is 18.6. The molecule has 2 heterocycles. The Hall–Kier alpha value is -5.57. The number of aromatic nitrogens is 3. The number of pyridine rings is 1. The number of phenolic OH excluding ortho intramolecular Hbond substituents is 1. The minimum absolute atomic E-state index is 0. The van der Waals surface area contributed by atoms with Crippen molar-refractivity contribution in [3.63, 3.8) is 0 Å². The molecule has 342 valence electrons. The van der Waals surface area contributed by atoms with Crippen LogP contribution in [-0.2, 0) is 43.7 Å². The number of hydrogen-bond donors (Lipinski definition) is 1. The van der Waals surface area contributed by atoms with Gasteiger partial charge in [-0.1, -0.05) is 186 Å². The molecule has 2 aromatic heterocycles. The van der Waals surface area contributed by atoms with Crippen LogP contribution in [0, 0.1) is 12.0 Å². The molecular formula is C61H66N3OPt-. The summed E-state index contributed by atoms with van der Waals surface area (Å²) in [6.45, 7) is -10.8. The quantitative estimate of drug-likeness (QED) is 0.147. The summed E-state index contributed by atoms with van der Waals surface area (Å²) < 4.78 is 168. The summed E-state index contributed by atoms with van der Waals surface area (Å²) in [5, 5.41) is 13.1. The largest absolute Gasteiger partial charge is 0.507 e. The van der Waals surface area contributed by atoms with Crippen molar-refractivity contribution in [3.8, 4) is 67.5 Å². The summed E-state index contributed by atoms with van der Waals surface area (Å²) >= 11 is 0. The van der Waals surface area contributed by atoms with Gasteiger partial charge in [0, 0.05) is 70.1 Å². The third kappa shape index (κ3) is 9.91. The zero-order valence-corrected chi connectivity index (χ0v) is 40.4. The molecule has 1 N–H and O–H groups in total. The molecule has 66 heavy (non-hydrogen) atoms. The van der Waals surface area contributed by atoms with E-state index in [0.717, 1.165) is 33.9 Å². The first-order valence-corrected chi connectivity index (χ1v) is 21.7. The van der Waals surface area contributed by atoms with E-state index < -0.39 is 91.5 Å². The normalized spacial score (nSPS) is 17.8. The number of aromatic hydroxyl groups is 1. The van der Waals surface area contributed by atoms with Gasteiger partial charge >= 0.3 is 0 Å². The Kier molecular flexibility index (Phi) is 8.24. The maximum Gasteiger partial charge on any atom is 0.148 e. The minimum atomic E-state index is -4.14. The van der Waals surface area contributed by atoms with E-state index in [-0.39, 0.29) is 38.0 Å². The first-order valence-electron chi connectivity index (χ1n) is 31.2. The van der Waals surface area contributed by atoms with Crippen LogP contribution in [0.25, 0.3) is 72.7 Å². The van der Waals surface area contributed by atoms with E-state index >= 15 is 0 Å². The Morgan fingerprint density at radius 3 is 2.02 bits per heavy atom. The number of hydrogen-bond acceptors (Lipinski definition) is 3. The van der Waals surface area contributed by atoms with Crippen molar-refractivity contribution in [2.24, 2.45) is 5.92 Å². The average molecular weight is 1070 g/mol. The molecule has 8 rings (SSSR count). The Labute approximate surface area is 435 Å². The third-order valence-electron chi connectivity index (χ3n) is 11.8. The Balaban J connectivity index is 0.0000104. The molecule has 5 heteroatoms. The molecule has 0 radical (unpaired) electrons. The van der Waals surface area contributed by atoms with Gasteiger partial charge in [-0.25, -0.2) is 4.98 Å². The molecule has 0 atom stereocenters. The number of fused-ring (bicyclic) bond motifs is 1. The van der Waals surface area contributed by atoms with Crippen LogP contribution in [0.15, 0.2) is 134 Å². The monoisotopic (exact) mass is 1070 g/mol. The standard InChI is InChI=1S/C61H66N3O.Pt/c1-38(2)30-40-22-27-54(50(31-40)43-18-15-14-16-19-43)64-55-21-17-20-49(56(55)63-58(64)51-36-48(60(8,9)10)37-52(57(51)65)61(11,12)13)45-32-46(34-47(33-45)59(5,6)7)53-35-44(28-29-62-53)42-25-23-41(24-26-42)39(3)4;/h14-29,31,33-39,65H,30H2,1-13H3;/q-1;/i8D3,9D3,10D3,11D3,12D3,13D3,39D;. The fourth-order valence-electron chi connectivity index (χ4n) is 8.31. The number of rotatable bonds is 9. The van der Waals surface area contributed by atoms with E-state index in [1.165, 1.54) is 4.57 Å². The zero-order chi connectivity index (χ0) is 62.5. The van der Waals surface area contributed by atoms with Crippen LogP contribution in [0.5, 0.6) is 5.75 Å². The van der Waals surface area contributed by atoms with Gasteiger partial charge in [-0.15, -0.1) is 29.3 Å². The van der Waals surface area contributed by atoms with E-state index in [1.54, 1.807) is 30.5 Å². The van der Waals surface area contributed by atoms with Gasteiger partial charge in [0.25, 0.3) is 0 Å². The fourth-order valence-corrected chi connectivity index (χ4v) is 8.31. The molecular weight excluding hydrogens is 986 g/mol. The van der Waals surface area contributed by atoms with E-state index in [2.05, 4.69) is 6.07 Å². The first kappa shape index (κ1) is 29.2. The van der Waals surface area contributed by atoms with E-state index in [9.17, 15) is 5.11 Å². The molecule has 0 amide bonds. The predicted octanol–water partition coefficient (Wildman–Crippen LogP) is 16.5. The van der Waals surface area contributed by atoms with E-state index in [4.69, 9.17) is 36.0 Å². The minimum Gasteiger partial charge on any atom is -0.507 e. The number of benzene rings is 6. The third-order valence-corrected chi connectivity index (χ3v) is 11.8. The van der Waals surface area contributed by atoms with Crippen molar-refractivity contribution in [2.45, 2.75) is 118 Å². The number of imidazole rings is 1. The average Bonchev–Trinajstić information content (AvgIpc) is 1.23. The number of para-hydroxylation sites is 1. The molecule has 6 aromatic carbocycles. The van der Waals surface area contributed by atoms with Crippen LogP contribution < -0.4 is 0 Å². The van der Waals surface area contributed by atoms with Gasteiger partial charge in [0.05, 0.1) is 22.3 Å². The van der Waals surface area contributed by atoms with Crippen molar-refractivity contribution in [1.82, 2.24) is 14.5 Å². The maximum atomic E-state index is 13.1. The van der Waals surface area contributed by atoms with Crippen molar-refractivity contribution in [1.29, 1.82) is 0 Å². The summed E-state index contributed by atoms with van der Waals surface area (Å²) in [7, 11) is 0. The van der Waals surface area contributed by atoms with Gasteiger partial charge in [0.2, 0.25) is 0 Å². The van der Waals surface area contributed by atoms with Crippen LogP contribution in [0.3, 0.4) is 0 Å². The SMILES string of the molecule is [2H]C(C)(C)c1ccc(-c2ccnc(-c3[c-]c(-c4cccc5c4nc(-c4cc(C(C([2H])([2H])[2H])(C([2H])([2H])[2H])C([2H])([2H])[2H])cc(C(C([2H])([2H])[2H])(C([2H])([2H])[2H])C([2H])([2H])[2H])c4O)n5-c4ccc(CC(C)C)cc4-c4ccccc4)cc(C(C)(C)C)c3)c2)cc1.[Pt]. The zero-order valence-electron chi connectivity index (χ0n) is 57.1. The Bertz CT molecular complexity index is 3670. The topological polar surface area (TPSA) is 50.9 Å². The molecule has 4 nitrogen and oxygen atoms in total. The predicted molar refractivity (Wildman–Crippen MR) is 275 cm³/mol. The van der Waals surface area contributed by atoms with Gasteiger partial charge in [0.1, 0.15) is 11.6 Å². The molecule has 0 aliphatic rings. The van der Waals surface area contributed by atoms with Crippen molar-refractivity contribution >= 4 is 11.0 Å². The first-order chi connectivity index (χ1) is 38.5. The van der Waals surface area contributed by atoms with Crippen LogP contribution >= 0.6 is 0 Å². The molecule has 0 saturated carbocycles. The molecule has 0 spiro atoms. The van der Waals surface area contributed by atoms with Crippen molar-refractivity contribution < 1.29 is 52.2 Å². The van der Waals surface area contributed by atoms with E-state index in [1.807, 2.05) is 139 Å². The second-order valence-electron chi connectivity index (χ2n) is 18.6. The number of phenols is 1. The van der Waals surface area contributed by atoms with Gasteiger partial charge in [-0.2, -0.15) is 0 Å². The molecule has 0 bridgehead atoms. The summed E-state index contributed by atoms with van der Waals surface area (Å²) in [6, 6.07) is 39.8.